The van der Waals surface area contributed by atoms with Gasteiger partial charge in [0.15, 0.2) is 0 Å². The van der Waals surface area contributed by atoms with Crippen LogP contribution in [-0.2, 0) is 0 Å². The Kier molecular flexibility index (Phi) is 6.90. The van der Waals surface area contributed by atoms with Crippen LogP contribution in [0.3, 0.4) is 0 Å². The van der Waals surface area contributed by atoms with Gasteiger partial charge < -0.3 is 4.74 Å². The summed E-state index contributed by atoms with van der Waals surface area (Å²) in [5.41, 5.74) is 2.27. The maximum Gasteiger partial charge on any atom is 0.119 e. The third-order valence-corrected chi connectivity index (χ3v) is 3.88. The number of nitrogens with zero attached hydrogens (tertiary/aromatic N) is 1. The van der Waals surface area contributed by atoms with E-state index in [0.717, 1.165) is 16.9 Å². The Labute approximate surface area is 141 Å². The fourth-order valence-corrected chi connectivity index (χ4v) is 2.58. The topological polar surface area (TPSA) is 33.0 Å². The van der Waals surface area contributed by atoms with Crippen molar-refractivity contribution in [1.29, 1.82) is 5.26 Å². The highest BCUT2D eigenvalue weighted by Crippen LogP contribution is 2.23. The fourth-order valence-electron chi connectivity index (χ4n) is 2.30. The van der Waals surface area contributed by atoms with Crippen molar-refractivity contribution in [3.63, 3.8) is 0 Å². The molecule has 2 aromatic rings. The normalized spacial score (nSPS) is 13.1. The fraction of sp³-hybridized carbons (Fsp3) is 0.316. The van der Waals surface area contributed by atoms with Gasteiger partial charge in [-0.2, -0.15) is 5.26 Å². The summed E-state index contributed by atoms with van der Waals surface area (Å²) >= 11 is 6.17. The summed E-state index contributed by atoms with van der Waals surface area (Å²) in [5.74, 6) is 0.376. The second kappa shape index (κ2) is 9.17. The van der Waals surface area contributed by atoms with Crippen LogP contribution in [0.25, 0.3) is 11.1 Å². The van der Waals surface area contributed by atoms with Gasteiger partial charge in [0.1, 0.15) is 12.4 Å². The van der Waals surface area contributed by atoms with Crippen LogP contribution in [0.15, 0.2) is 54.6 Å². The van der Waals surface area contributed by atoms with Crippen LogP contribution in [-0.4, -0.2) is 18.7 Å². The molecule has 0 saturated carbocycles. The molecule has 0 N–H and O–H groups in total. The minimum Gasteiger partial charge on any atom is -0.492 e. The van der Waals surface area contributed by atoms with Gasteiger partial charge in [-0.25, -0.2) is 0 Å². The second-order valence-electron chi connectivity index (χ2n) is 5.34. The van der Waals surface area contributed by atoms with Crippen molar-refractivity contribution in [2.45, 2.75) is 18.2 Å². The molecule has 0 heterocycles. The summed E-state index contributed by atoms with van der Waals surface area (Å²) in [6.45, 7) is -0.194. The van der Waals surface area contributed by atoms with Crippen LogP contribution in [0, 0.1) is 17.2 Å². The molecule has 0 saturated heterocycles. The highest BCUT2D eigenvalue weighted by Gasteiger charge is 2.14. The molecule has 0 aliphatic carbocycles. The SMILES string of the molecule is N#CC(CCF)CC(Cl)COc1ccc(-c2ccccc2)cc1. The third kappa shape index (κ3) is 5.58. The van der Waals surface area contributed by atoms with Gasteiger partial charge in [0, 0.05) is 0 Å². The zero-order valence-electron chi connectivity index (χ0n) is 12.8. The Balaban J connectivity index is 1.86. The molecule has 0 aromatic heterocycles. The van der Waals surface area contributed by atoms with Crippen LogP contribution >= 0.6 is 11.6 Å². The van der Waals surface area contributed by atoms with Gasteiger partial charge in [0.2, 0.25) is 0 Å². The molecule has 0 bridgehead atoms. The van der Waals surface area contributed by atoms with Crippen molar-refractivity contribution in [1.82, 2.24) is 0 Å². The number of halogens is 2. The molecule has 0 aliphatic heterocycles. The molecule has 0 aliphatic rings. The standard InChI is InChI=1S/C19H19ClFNO/c20-18(12-15(13-22)10-11-21)14-23-19-8-6-17(7-9-19)16-4-2-1-3-5-16/h1-9,15,18H,10-12,14H2. The van der Waals surface area contributed by atoms with Crippen LogP contribution < -0.4 is 4.74 Å². The second-order valence-corrected chi connectivity index (χ2v) is 5.96. The van der Waals surface area contributed by atoms with E-state index >= 15 is 0 Å². The summed E-state index contributed by atoms with van der Waals surface area (Å²) < 4.78 is 17.9. The van der Waals surface area contributed by atoms with Gasteiger partial charge in [-0.1, -0.05) is 42.5 Å². The van der Waals surface area contributed by atoms with E-state index < -0.39 is 6.67 Å². The Hall–Kier alpha value is -2.05. The van der Waals surface area contributed by atoms with Crippen molar-refractivity contribution >= 4 is 11.6 Å². The van der Waals surface area contributed by atoms with E-state index in [1.165, 1.54) is 0 Å². The van der Waals surface area contributed by atoms with Crippen LogP contribution in [0.1, 0.15) is 12.8 Å². The monoisotopic (exact) mass is 331 g/mol. The van der Waals surface area contributed by atoms with Crippen LogP contribution in [0.5, 0.6) is 5.75 Å². The van der Waals surface area contributed by atoms with Gasteiger partial charge in [-0.05, 0) is 36.1 Å². The molecular formula is C19H19ClFNO. The first-order valence-electron chi connectivity index (χ1n) is 7.61. The van der Waals surface area contributed by atoms with E-state index in [2.05, 4.69) is 18.2 Å². The summed E-state index contributed by atoms with van der Waals surface area (Å²) in [7, 11) is 0. The zero-order chi connectivity index (χ0) is 16.5. The Morgan fingerprint density at radius 2 is 1.70 bits per heavy atom. The van der Waals surface area contributed by atoms with E-state index in [-0.39, 0.29) is 17.7 Å². The average Bonchev–Trinajstić information content (AvgIpc) is 2.61. The molecule has 4 heteroatoms. The smallest absolute Gasteiger partial charge is 0.119 e. The van der Waals surface area contributed by atoms with Crippen molar-refractivity contribution in [2.75, 3.05) is 13.3 Å². The Morgan fingerprint density at radius 3 is 2.30 bits per heavy atom. The lowest BCUT2D eigenvalue weighted by atomic mass is 10.0. The van der Waals surface area contributed by atoms with Gasteiger partial charge >= 0.3 is 0 Å². The van der Waals surface area contributed by atoms with Crippen LogP contribution in [0.4, 0.5) is 4.39 Å². The first kappa shape index (κ1) is 17.3. The molecule has 2 atom stereocenters. The molecular weight excluding hydrogens is 313 g/mol. The number of nitriles is 1. The predicted octanol–water partition coefficient (Wildman–Crippen LogP) is 5.23. The van der Waals surface area contributed by atoms with Crippen molar-refractivity contribution in [2.24, 2.45) is 5.92 Å². The first-order chi connectivity index (χ1) is 11.2. The maximum atomic E-state index is 12.3. The molecule has 0 spiro atoms. The van der Waals surface area contributed by atoms with Crippen molar-refractivity contribution < 1.29 is 9.13 Å². The number of alkyl halides is 2. The molecule has 23 heavy (non-hydrogen) atoms. The molecule has 120 valence electrons. The molecule has 2 rings (SSSR count). The molecule has 0 amide bonds. The third-order valence-electron chi connectivity index (χ3n) is 3.57. The largest absolute Gasteiger partial charge is 0.492 e. The van der Waals surface area contributed by atoms with Gasteiger partial charge in [0.25, 0.3) is 0 Å². The van der Waals surface area contributed by atoms with E-state index in [4.69, 9.17) is 21.6 Å². The molecule has 0 fully saturated rings. The lowest BCUT2D eigenvalue weighted by Crippen LogP contribution is -2.16. The zero-order valence-corrected chi connectivity index (χ0v) is 13.5. The number of benzene rings is 2. The van der Waals surface area contributed by atoms with Gasteiger partial charge in [-0.15, -0.1) is 11.6 Å². The van der Waals surface area contributed by atoms with Crippen LogP contribution in [0.2, 0.25) is 0 Å². The van der Waals surface area contributed by atoms with E-state index in [0.29, 0.717) is 13.0 Å². The molecule has 2 nitrogen and oxygen atoms in total. The highest BCUT2D eigenvalue weighted by molar-refractivity contribution is 6.20. The number of rotatable bonds is 8. The summed E-state index contributed by atoms with van der Waals surface area (Å²) in [6.07, 6.45) is 0.662. The first-order valence-corrected chi connectivity index (χ1v) is 8.04. The minimum absolute atomic E-state index is 0.228. The van der Waals surface area contributed by atoms with Crippen molar-refractivity contribution in [3.8, 4) is 22.9 Å². The van der Waals surface area contributed by atoms with E-state index in [1.807, 2.05) is 42.5 Å². The van der Waals surface area contributed by atoms with E-state index in [1.54, 1.807) is 0 Å². The average molecular weight is 332 g/mol. The van der Waals surface area contributed by atoms with Gasteiger partial charge in [0.05, 0.1) is 24.0 Å². The molecule has 0 radical (unpaired) electrons. The lowest BCUT2D eigenvalue weighted by Gasteiger charge is -2.14. The van der Waals surface area contributed by atoms with E-state index in [9.17, 15) is 4.39 Å². The van der Waals surface area contributed by atoms with Gasteiger partial charge in [-0.3, -0.25) is 4.39 Å². The highest BCUT2D eigenvalue weighted by atomic mass is 35.5. The summed E-state index contributed by atoms with van der Waals surface area (Å²) in [4.78, 5) is 0. The predicted molar refractivity (Wildman–Crippen MR) is 91.3 cm³/mol. The molecule has 2 unspecified atom stereocenters. The molecule has 2 aromatic carbocycles. The summed E-state index contributed by atoms with van der Waals surface area (Å²) in [6, 6.07) is 20.0. The summed E-state index contributed by atoms with van der Waals surface area (Å²) in [5, 5.41) is 8.61. The quantitative estimate of drug-likeness (QED) is 0.620. The number of ether oxygens (including phenoxy) is 1. The lowest BCUT2D eigenvalue weighted by molar-refractivity contribution is 0.298. The maximum absolute atomic E-state index is 12.3. The minimum atomic E-state index is -0.496. The Morgan fingerprint density at radius 1 is 1.04 bits per heavy atom. The number of hydrogen-bond acceptors (Lipinski definition) is 2. The van der Waals surface area contributed by atoms with Crippen molar-refractivity contribution in [3.05, 3.63) is 54.6 Å². The number of hydrogen-bond donors (Lipinski definition) is 0. The Bertz CT molecular complexity index is 624.